The minimum atomic E-state index is -3.92. The average Bonchev–Trinajstić information content (AvgIpc) is 2.86. The van der Waals surface area contributed by atoms with Gasteiger partial charge in [0.05, 0.1) is 18.3 Å². The summed E-state index contributed by atoms with van der Waals surface area (Å²) in [6.45, 7) is 0. The molecule has 1 heterocycles. The van der Waals surface area contributed by atoms with Gasteiger partial charge in [0.15, 0.2) is 5.58 Å². The maximum absolute atomic E-state index is 12.5. The van der Waals surface area contributed by atoms with E-state index >= 15 is 0 Å². The topological polar surface area (TPSA) is 101 Å². The number of aromatic nitrogens is 1. The lowest BCUT2D eigenvalue weighted by Crippen LogP contribution is -2.14. The molecule has 23 heavy (non-hydrogen) atoms. The normalized spacial score (nSPS) is 11.6. The number of hydrogen-bond donors (Lipinski definition) is 2. The summed E-state index contributed by atoms with van der Waals surface area (Å²) in [5.74, 6) is -0.448. The molecule has 0 amide bonds. The smallest absolute Gasteiger partial charge is 0.417 e. The van der Waals surface area contributed by atoms with Crippen molar-refractivity contribution < 1.29 is 17.6 Å². The van der Waals surface area contributed by atoms with E-state index in [1.807, 2.05) is 0 Å². The summed E-state index contributed by atoms with van der Waals surface area (Å²) in [5.41, 5.74) is 0.975. The molecule has 0 radical (unpaired) electrons. The van der Waals surface area contributed by atoms with E-state index in [-0.39, 0.29) is 21.4 Å². The third kappa shape index (κ3) is 3.03. The SMILES string of the molecule is COc1ccc(Cl)cc1S(=O)(=O)Nc1ccc2oc(=O)[nH]c2c1. The van der Waals surface area contributed by atoms with Crippen molar-refractivity contribution in [1.82, 2.24) is 4.98 Å². The van der Waals surface area contributed by atoms with Crippen LogP contribution in [0.4, 0.5) is 5.69 Å². The number of rotatable bonds is 4. The molecular formula is C14H11ClN2O5S. The highest BCUT2D eigenvalue weighted by Gasteiger charge is 2.20. The first-order chi connectivity index (χ1) is 10.9. The Morgan fingerprint density at radius 3 is 2.74 bits per heavy atom. The van der Waals surface area contributed by atoms with Crippen LogP contribution in [-0.2, 0) is 10.0 Å². The molecule has 0 aliphatic rings. The van der Waals surface area contributed by atoms with Gasteiger partial charge in [-0.15, -0.1) is 0 Å². The lowest BCUT2D eigenvalue weighted by atomic mass is 10.3. The number of aromatic amines is 1. The molecule has 3 aromatic rings. The van der Waals surface area contributed by atoms with E-state index in [9.17, 15) is 13.2 Å². The van der Waals surface area contributed by atoms with Crippen LogP contribution in [0.25, 0.3) is 11.1 Å². The first kappa shape index (κ1) is 15.4. The van der Waals surface area contributed by atoms with Crippen LogP contribution >= 0.6 is 11.6 Å². The summed E-state index contributed by atoms with van der Waals surface area (Å²) in [6.07, 6.45) is 0. The number of halogens is 1. The van der Waals surface area contributed by atoms with Crippen LogP contribution in [0.3, 0.4) is 0 Å². The Balaban J connectivity index is 2.02. The number of anilines is 1. The summed E-state index contributed by atoms with van der Waals surface area (Å²) in [5, 5.41) is 0.265. The highest BCUT2D eigenvalue weighted by Crippen LogP contribution is 2.29. The average molecular weight is 355 g/mol. The van der Waals surface area contributed by atoms with Gasteiger partial charge in [-0.05, 0) is 36.4 Å². The predicted octanol–water partition coefficient (Wildman–Crippen LogP) is 2.58. The van der Waals surface area contributed by atoms with Gasteiger partial charge in [0.1, 0.15) is 10.6 Å². The van der Waals surface area contributed by atoms with Crippen LogP contribution in [0.2, 0.25) is 5.02 Å². The number of H-pyrrole nitrogens is 1. The lowest BCUT2D eigenvalue weighted by Gasteiger charge is -2.11. The monoisotopic (exact) mass is 354 g/mol. The molecule has 9 heteroatoms. The van der Waals surface area contributed by atoms with Crippen molar-refractivity contribution in [3.63, 3.8) is 0 Å². The quantitative estimate of drug-likeness (QED) is 0.749. The molecule has 2 aromatic carbocycles. The summed E-state index contributed by atoms with van der Waals surface area (Å²) >= 11 is 5.86. The third-order valence-electron chi connectivity index (χ3n) is 3.09. The van der Waals surface area contributed by atoms with E-state index < -0.39 is 15.8 Å². The van der Waals surface area contributed by atoms with Crippen LogP contribution in [-0.4, -0.2) is 20.5 Å². The van der Waals surface area contributed by atoms with Crippen LogP contribution < -0.4 is 15.2 Å². The maximum atomic E-state index is 12.5. The first-order valence-corrected chi connectivity index (χ1v) is 8.24. The van der Waals surface area contributed by atoms with E-state index in [4.69, 9.17) is 20.8 Å². The largest absolute Gasteiger partial charge is 0.495 e. The number of fused-ring (bicyclic) bond motifs is 1. The third-order valence-corrected chi connectivity index (χ3v) is 4.72. The van der Waals surface area contributed by atoms with E-state index in [0.29, 0.717) is 11.1 Å². The van der Waals surface area contributed by atoms with Crippen molar-refractivity contribution in [2.45, 2.75) is 4.90 Å². The zero-order valence-corrected chi connectivity index (χ0v) is 13.4. The summed E-state index contributed by atoms with van der Waals surface area (Å²) in [7, 11) is -2.56. The van der Waals surface area contributed by atoms with Gasteiger partial charge >= 0.3 is 5.76 Å². The summed E-state index contributed by atoms with van der Waals surface area (Å²) in [4.78, 5) is 13.5. The van der Waals surface area contributed by atoms with Crippen molar-refractivity contribution in [2.24, 2.45) is 0 Å². The van der Waals surface area contributed by atoms with E-state index in [1.165, 1.54) is 43.5 Å². The van der Waals surface area contributed by atoms with Gasteiger partial charge in [-0.2, -0.15) is 0 Å². The van der Waals surface area contributed by atoms with Gasteiger partial charge < -0.3 is 9.15 Å². The number of nitrogens with one attached hydrogen (secondary N) is 2. The molecule has 120 valence electrons. The number of hydrogen-bond acceptors (Lipinski definition) is 5. The van der Waals surface area contributed by atoms with Crippen LogP contribution in [0.15, 0.2) is 50.5 Å². The van der Waals surface area contributed by atoms with Crippen LogP contribution in [0, 0.1) is 0 Å². The number of oxazole rings is 1. The number of methoxy groups -OCH3 is 1. The second-order valence-corrected chi connectivity index (χ2v) is 6.71. The molecule has 2 N–H and O–H groups in total. The van der Waals surface area contributed by atoms with E-state index in [2.05, 4.69) is 9.71 Å². The fourth-order valence-corrected chi connectivity index (χ4v) is 3.57. The molecule has 0 unspecified atom stereocenters. The van der Waals surface area contributed by atoms with Crippen LogP contribution in [0.5, 0.6) is 5.75 Å². The summed E-state index contributed by atoms with van der Waals surface area (Å²) < 4.78 is 37.4. The van der Waals surface area contributed by atoms with Crippen molar-refractivity contribution in [3.05, 3.63) is 52.0 Å². The maximum Gasteiger partial charge on any atom is 0.417 e. The minimum Gasteiger partial charge on any atom is -0.495 e. The Bertz CT molecular complexity index is 1040. The van der Waals surface area contributed by atoms with Gasteiger partial charge in [-0.1, -0.05) is 11.6 Å². The molecule has 0 aliphatic heterocycles. The number of benzene rings is 2. The Morgan fingerprint density at radius 2 is 2.00 bits per heavy atom. The Labute approximate surface area is 135 Å². The minimum absolute atomic E-state index is 0.0896. The second kappa shape index (κ2) is 5.64. The predicted molar refractivity (Wildman–Crippen MR) is 85.6 cm³/mol. The second-order valence-electron chi connectivity index (χ2n) is 4.63. The Hall–Kier alpha value is -2.45. The van der Waals surface area contributed by atoms with Gasteiger partial charge in [0.2, 0.25) is 0 Å². The van der Waals surface area contributed by atoms with Crippen LogP contribution in [0.1, 0.15) is 0 Å². The van der Waals surface area contributed by atoms with Gasteiger partial charge in [-0.3, -0.25) is 9.71 Å². The standard InChI is InChI=1S/C14H11ClN2O5S/c1-21-12-4-2-8(15)6-13(12)23(19,20)17-9-3-5-11-10(7-9)16-14(18)22-11/h2-7,17H,1H3,(H,16,18). The number of ether oxygens (including phenoxy) is 1. The Kier molecular flexibility index (Phi) is 3.78. The van der Waals surface area contributed by atoms with Gasteiger partial charge in [0.25, 0.3) is 10.0 Å². The fraction of sp³-hybridized carbons (Fsp3) is 0.0714. The fourth-order valence-electron chi connectivity index (χ4n) is 2.09. The van der Waals surface area contributed by atoms with Gasteiger partial charge in [0, 0.05) is 5.02 Å². The molecule has 0 aliphatic carbocycles. The molecular weight excluding hydrogens is 344 g/mol. The molecule has 7 nitrogen and oxygen atoms in total. The Morgan fingerprint density at radius 1 is 1.22 bits per heavy atom. The van der Waals surface area contributed by atoms with Crippen molar-refractivity contribution >= 4 is 38.4 Å². The van der Waals surface area contributed by atoms with E-state index in [1.54, 1.807) is 0 Å². The molecule has 0 saturated carbocycles. The summed E-state index contributed by atoms with van der Waals surface area (Å²) in [6, 6.07) is 8.71. The molecule has 0 fully saturated rings. The zero-order valence-electron chi connectivity index (χ0n) is 11.8. The highest BCUT2D eigenvalue weighted by atomic mass is 35.5. The molecule has 0 atom stereocenters. The van der Waals surface area contributed by atoms with Gasteiger partial charge in [-0.25, -0.2) is 13.2 Å². The van der Waals surface area contributed by atoms with Crippen molar-refractivity contribution in [1.29, 1.82) is 0 Å². The lowest BCUT2D eigenvalue weighted by molar-refractivity contribution is 0.403. The molecule has 3 rings (SSSR count). The highest BCUT2D eigenvalue weighted by molar-refractivity contribution is 7.92. The first-order valence-electron chi connectivity index (χ1n) is 6.38. The van der Waals surface area contributed by atoms with E-state index in [0.717, 1.165) is 0 Å². The molecule has 0 saturated heterocycles. The molecule has 1 aromatic heterocycles. The molecule has 0 spiro atoms. The van der Waals surface area contributed by atoms with Crippen molar-refractivity contribution in [2.75, 3.05) is 11.8 Å². The van der Waals surface area contributed by atoms with Crippen molar-refractivity contribution in [3.8, 4) is 5.75 Å². The molecule has 0 bridgehead atoms. The number of sulfonamides is 1. The zero-order chi connectivity index (χ0) is 16.6.